The van der Waals surface area contributed by atoms with E-state index in [-0.39, 0.29) is 0 Å². The first-order valence-electron chi connectivity index (χ1n) is 9.47. The van der Waals surface area contributed by atoms with E-state index in [2.05, 4.69) is 38.8 Å². The summed E-state index contributed by atoms with van der Waals surface area (Å²) in [5.41, 5.74) is 10.2. The summed E-state index contributed by atoms with van der Waals surface area (Å²) >= 11 is 1.59. The van der Waals surface area contributed by atoms with Gasteiger partial charge in [-0.2, -0.15) is 0 Å². The van der Waals surface area contributed by atoms with Gasteiger partial charge in [0, 0.05) is 12.1 Å². The quantitative estimate of drug-likeness (QED) is 0.445. The molecule has 3 heterocycles. The standard InChI is InChI=1S/C23H19N5OS/c1-29-17-9-5-6-15(10-17)12-28-14-27-20(16-7-3-2-4-8-16)21(28)19-11-18-22(24)25-13-26-23(18)30-19/h2-11,13-14H,12H2,1H3,(H2,24,25,26). The van der Waals surface area contributed by atoms with Crippen LogP contribution in [0.4, 0.5) is 5.82 Å². The van der Waals surface area contributed by atoms with Crippen LogP contribution in [0, 0.1) is 0 Å². The number of nitrogens with zero attached hydrogens (tertiary/aromatic N) is 4. The van der Waals surface area contributed by atoms with Gasteiger partial charge in [0.1, 0.15) is 22.7 Å². The zero-order valence-corrected chi connectivity index (χ0v) is 17.1. The molecule has 0 saturated carbocycles. The third-order valence-corrected chi connectivity index (χ3v) is 6.02. The number of aromatic nitrogens is 4. The van der Waals surface area contributed by atoms with E-state index in [1.807, 2.05) is 42.7 Å². The Labute approximate surface area is 177 Å². The zero-order chi connectivity index (χ0) is 20.5. The molecule has 0 aliphatic heterocycles. The number of benzene rings is 2. The van der Waals surface area contributed by atoms with Gasteiger partial charge in [-0.3, -0.25) is 0 Å². The van der Waals surface area contributed by atoms with Crippen molar-refractivity contribution in [3.05, 3.63) is 78.9 Å². The monoisotopic (exact) mass is 413 g/mol. The second-order valence-electron chi connectivity index (χ2n) is 6.88. The van der Waals surface area contributed by atoms with Gasteiger partial charge >= 0.3 is 0 Å². The average Bonchev–Trinajstić information content (AvgIpc) is 3.39. The number of ether oxygens (including phenoxy) is 1. The lowest BCUT2D eigenvalue weighted by Crippen LogP contribution is -2.00. The normalized spacial score (nSPS) is 11.1. The predicted molar refractivity (Wildman–Crippen MR) is 121 cm³/mol. The number of rotatable bonds is 5. The summed E-state index contributed by atoms with van der Waals surface area (Å²) in [6, 6.07) is 20.3. The molecule has 0 spiro atoms. The minimum Gasteiger partial charge on any atom is -0.497 e. The van der Waals surface area contributed by atoms with E-state index < -0.39 is 0 Å². The molecule has 0 aliphatic rings. The Morgan fingerprint density at radius 1 is 1.00 bits per heavy atom. The van der Waals surface area contributed by atoms with Gasteiger partial charge in [0.2, 0.25) is 0 Å². The second kappa shape index (κ2) is 7.61. The summed E-state index contributed by atoms with van der Waals surface area (Å²) in [6.07, 6.45) is 3.39. The third-order valence-electron chi connectivity index (χ3n) is 4.97. The highest BCUT2D eigenvalue weighted by Crippen LogP contribution is 2.39. The number of thiophene rings is 1. The highest BCUT2D eigenvalue weighted by molar-refractivity contribution is 7.21. The molecule has 5 aromatic rings. The molecular formula is C23H19N5OS. The number of fused-ring (bicyclic) bond motifs is 1. The predicted octanol–water partition coefficient (Wildman–Crippen LogP) is 4.86. The average molecular weight is 414 g/mol. The van der Waals surface area contributed by atoms with Crippen molar-refractivity contribution in [1.29, 1.82) is 0 Å². The fourth-order valence-corrected chi connectivity index (χ4v) is 4.59. The first kappa shape index (κ1) is 18.3. The molecule has 7 heteroatoms. The van der Waals surface area contributed by atoms with Crippen LogP contribution in [0.1, 0.15) is 5.56 Å². The fourth-order valence-electron chi connectivity index (χ4n) is 3.53. The van der Waals surface area contributed by atoms with Gasteiger partial charge in [-0.15, -0.1) is 11.3 Å². The molecule has 0 atom stereocenters. The topological polar surface area (TPSA) is 78.9 Å². The van der Waals surface area contributed by atoms with Crippen LogP contribution in [0.25, 0.3) is 32.0 Å². The van der Waals surface area contributed by atoms with Crippen LogP contribution in [-0.4, -0.2) is 26.6 Å². The highest BCUT2D eigenvalue weighted by atomic mass is 32.1. The molecule has 5 rings (SSSR count). The molecule has 2 aromatic carbocycles. The third kappa shape index (κ3) is 3.29. The molecule has 30 heavy (non-hydrogen) atoms. The van der Waals surface area contributed by atoms with Crippen molar-refractivity contribution in [2.75, 3.05) is 12.8 Å². The Morgan fingerprint density at radius 2 is 1.87 bits per heavy atom. The van der Waals surface area contributed by atoms with E-state index >= 15 is 0 Å². The van der Waals surface area contributed by atoms with Crippen molar-refractivity contribution in [1.82, 2.24) is 19.5 Å². The summed E-state index contributed by atoms with van der Waals surface area (Å²) in [7, 11) is 1.68. The number of anilines is 1. The van der Waals surface area contributed by atoms with Crippen molar-refractivity contribution < 1.29 is 4.74 Å². The minimum absolute atomic E-state index is 0.489. The molecule has 0 unspecified atom stereocenters. The largest absolute Gasteiger partial charge is 0.497 e. The lowest BCUT2D eigenvalue weighted by molar-refractivity contribution is 0.414. The molecule has 0 saturated heterocycles. The Hall–Kier alpha value is -3.71. The summed E-state index contributed by atoms with van der Waals surface area (Å²) in [4.78, 5) is 15.2. The minimum atomic E-state index is 0.489. The smallest absolute Gasteiger partial charge is 0.135 e. The molecule has 3 aromatic heterocycles. The van der Waals surface area contributed by atoms with Crippen molar-refractivity contribution in [2.45, 2.75) is 6.54 Å². The lowest BCUT2D eigenvalue weighted by atomic mass is 10.1. The van der Waals surface area contributed by atoms with E-state index in [0.29, 0.717) is 12.4 Å². The summed E-state index contributed by atoms with van der Waals surface area (Å²) in [5, 5.41) is 0.866. The molecule has 0 bridgehead atoms. The molecule has 0 radical (unpaired) electrons. The first-order valence-corrected chi connectivity index (χ1v) is 10.3. The number of nitrogen functional groups attached to an aromatic ring is 1. The second-order valence-corrected chi connectivity index (χ2v) is 7.91. The molecule has 0 fully saturated rings. The Balaban J connectivity index is 1.67. The Bertz CT molecular complexity index is 1330. The highest BCUT2D eigenvalue weighted by Gasteiger charge is 2.19. The van der Waals surface area contributed by atoms with Crippen molar-refractivity contribution >= 4 is 27.4 Å². The van der Waals surface area contributed by atoms with Crippen molar-refractivity contribution in [2.24, 2.45) is 0 Å². The molecule has 0 aliphatic carbocycles. The van der Waals surface area contributed by atoms with Gasteiger partial charge in [-0.1, -0.05) is 42.5 Å². The van der Waals surface area contributed by atoms with Crippen LogP contribution in [-0.2, 0) is 6.54 Å². The van der Waals surface area contributed by atoms with Gasteiger partial charge in [0.05, 0.1) is 35.1 Å². The SMILES string of the molecule is COc1cccc(Cn2cnc(-c3ccccc3)c2-c2cc3c(N)ncnc3s2)c1. The van der Waals surface area contributed by atoms with E-state index in [1.54, 1.807) is 18.4 Å². The first-order chi connectivity index (χ1) is 14.7. The molecule has 2 N–H and O–H groups in total. The van der Waals surface area contributed by atoms with Crippen LogP contribution in [0.2, 0.25) is 0 Å². The lowest BCUT2D eigenvalue weighted by Gasteiger charge is -2.10. The molecular weight excluding hydrogens is 394 g/mol. The number of methoxy groups -OCH3 is 1. The van der Waals surface area contributed by atoms with Gasteiger partial charge in [0.25, 0.3) is 0 Å². The number of hydrogen-bond acceptors (Lipinski definition) is 6. The fraction of sp³-hybridized carbons (Fsp3) is 0.0870. The van der Waals surface area contributed by atoms with E-state index in [0.717, 1.165) is 43.4 Å². The van der Waals surface area contributed by atoms with Gasteiger partial charge < -0.3 is 15.0 Å². The van der Waals surface area contributed by atoms with Crippen LogP contribution in [0.5, 0.6) is 5.75 Å². The van der Waals surface area contributed by atoms with E-state index in [1.165, 1.54) is 6.33 Å². The van der Waals surface area contributed by atoms with Crippen LogP contribution < -0.4 is 10.5 Å². The van der Waals surface area contributed by atoms with Crippen LogP contribution in [0.15, 0.2) is 73.3 Å². The maximum atomic E-state index is 6.08. The molecule has 0 amide bonds. The van der Waals surface area contributed by atoms with Crippen molar-refractivity contribution in [3.8, 4) is 27.6 Å². The Kier molecular flexibility index (Phi) is 4.65. The maximum absolute atomic E-state index is 6.08. The number of imidazole rings is 1. The van der Waals surface area contributed by atoms with Crippen LogP contribution >= 0.6 is 11.3 Å². The van der Waals surface area contributed by atoms with Gasteiger partial charge in [-0.25, -0.2) is 15.0 Å². The van der Waals surface area contributed by atoms with Crippen molar-refractivity contribution in [3.63, 3.8) is 0 Å². The van der Waals surface area contributed by atoms with E-state index in [4.69, 9.17) is 15.5 Å². The summed E-state index contributed by atoms with van der Waals surface area (Å²) < 4.78 is 7.54. The summed E-state index contributed by atoms with van der Waals surface area (Å²) in [5.74, 6) is 1.32. The van der Waals surface area contributed by atoms with Crippen LogP contribution in [0.3, 0.4) is 0 Å². The maximum Gasteiger partial charge on any atom is 0.135 e. The number of hydrogen-bond donors (Lipinski definition) is 1. The molecule has 148 valence electrons. The number of nitrogens with two attached hydrogens (primary N) is 1. The Morgan fingerprint density at radius 3 is 2.67 bits per heavy atom. The van der Waals surface area contributed by atoms with Gasteiger partial charge in [0.15, 0.2) is 0 Å². The summed E-state index contributed by atoms with van der Waals surface area (Å²) in [6.45, 7) is 0.668. The zero-order valence-electron chi connectivity index (χ0n) is 16.3. The van der Waals surface area contributed by atoms with Gasteiger partial charge in [-0.05, 0) is 23.8 Å². The molecule has 6 nitrogen and oxygen atoms in total. The van der Waals surface area contributed by atoms with E-state index in [9.17, 15) is 0 Å².